The van der Waals surface area contributed by atoms with Gasteiger partial charge in [0.2, 0.25) is 0 Å². The van der Waals surface area contributed by atoms with Gasteiger partial charge in [0.15, 0.2) is 0 Å². The highest BCUT2D eigenvalue weighted by Crippen LogP contribution is 2.21. The summed E-state index contributed by atoms with van der Waals surface area (Å²) < 4.78 is 5.43. The molecular formula is C26H24ClN3O2. The predicted octanol–water partition coefficient (Wildman–Crippen LogP) is 4.10. The summed E-state index contributed by atoms with van der Waals surface area (Å²) in [4.78, 5) is 21.6. The van der Waals surface area contributed by atoms with Crippen molar-refractivity contribution in [1.82, 2.24) is 14.8 Å². The van der Waals surface area contributed by atoms with E-state index in [2.05, 4.69) is 21.7 Å². The van der Waals surface area contributed by atoms with Crippen LogP contribution in [0.4, 0.5) is 0 Å². The van der Waals surface area contributed by atoms with E-state index >= 15 is 0 Å². The second-order valence-corrected chi connectivity index (χ2v) is 8.01. The van der Waals surface area contributed by atoms with Crippen LogP contribution in [-0.2, 0) is 6.54 Å². The van der Waals surface area contributed by atoms with Crippen LogP contribution in [0.3, 0.4) is 0 Å². The lowest BCUT2D eigenvalue weighted by Gasteiger charge is -2.34. The first-order valence-corrected chi connectivity index (χ1v) is 10.9. The third-order valence-electron chi connectivity index (χ3n) is 5.42. The van der Waals surface area contributed by atoms with Gasteiger partial charge < -0.3 is 9.64 Å². The quantitative estimate of drug-likeness (QED) is 0.567. The highest BCUT2D eigenvalue weighted by molar-refractivity contribution is 6.30. The van der Waals surface area contributed by atoms with Gasteiger partial charge >= 0.3 is 0 Å². The van der Waals surface area contributed by atoms with E-state index in [1.54, 1.807) is 31.5 Å². The van der Waals surface area contributed by atoms with Crippen LogP contribution in [0, 0.1) is 11.8 Å². The molecule has 0 radical (unpaired) electrons. The Labute approximate surface area is 193 Å². The Hall–Kier alpha value is -3.33. The number of halogens is 1. The molecule has 0 saturated carbocycles. The van der Waals surface area contributed by atoms with Crippen molar-refractivity contribution in [2.45, 2.75) is 6.54 Å². The van der Waals surface area contributed by atoms with Gasteiger partial charge in [0.05, 0.1) is 12.7 Å². The topological polar surface area (TPSA) is 45.7 Å². The number of nitrogens with zero attached hydrogens (tertiary/aromatic N) is 3. The SMILES string of the molecule is COc1ccc(C(=O)N2CCN(Cc3ccc(Cl)cc3)CC2)cc1C#Cc1ccccn1. The molecule has 4 rings (SSSR count). The zero-order valence-electron chi connectivity index (χ0n) is 17.9. The molecule has 0 atom stereocenters. The number of ether oxygens (including phenoxy) is 1. The van der Waals surface area contributed by atoms with Crippen molar-refractivity contribution < 1.29 is 9.53 Å². The number of carbonyl (C=O) groups is 1. The summed E-state index contributed by atoms with van der Waals surface area (Å²) in [6.45, 7) is 3.89. The number of piperazine rings is 1. The monoisotopic (exact) mass is 445 g/mol. The van der Waals surface area contributed by atoms with E-state index < -0.39 is 0 Å². The van der Waals surface area contributed by atoms with Crippen molar-refractivity contribution in [3.05, 3.63) is 94.3 Å². The molecule has 1 amide bonds. The number of methoxy groups -OCH3 is 1. The molecule has 3 aromatic rings. The van der Waals surface area contributed by atoms with Gasteiger partial charge in [-0.2, -0.15) is 0 Å². The number of amides is 1. The number of rotatable bonds is 4. The Morgan fingerprint density at radius 2 is 1.81 bits per heavy atom. The zero-order chi connectivity index (χ0) is 22.3. The minimum atomic E-state index is 0.0136. The third kappa shape index (κ3) is 5.47. The maximum absolute atomic E-state index is 13.1. The first-order chi connectivity index (χ1) is 15.6. The molecule has 0 N–H and O–H groups in total. The van der Waals surface area contributed by atoms with Crippen LogP contribution in [0.2, 0.25) is 5.02 Å². The summed E-state index contributed by atoms with van der Waals surface area (Å²) in [7, 11) is 1.60. The van der Waals surface area contributed by atoms with Crippen LogP contribution < -0.4 is 4.74 Å². The van der Waals surface area contributed by atoms with Gasteiger partial charge in [-0.3, -0.25) is 9.69 Å². The van der Waals surface area contributed by atoms with Crippen molar-refractivity contribution in [2.24, 2.45) is 0 Å². The third-order valence-corrected chi connectivity index (χ3v) is 5.67. The highest BCUT2D eigenvalue weighted by Gasteiger charge is 2.22. The molecule has 1 fully saturated rings. The van der Waals surface area contributed by atoms with E-state index in [9.17, 15) is 4.79 Å². The van der Waals surface area contributed by atoms with Gasteiger partial charge in [-0.15, -0.1) is 0 Å². The maximum Gasteiger partial charge on any atom is 0.253 e. The summed E-state index contributed by atoms with van der Waals surface area (Å²) in [5.74, 6) is 6.77. The van der Waals surface area contributed by atoms with E-state index in [0.717, 1.165) is 24.7 Å². The molecule has 0 spiro atoms. The van der Waals surface area contributed by atoms with Crippen LogP contribution in [-0.4, -0.2) is 54.0 Å². The fraction of sp³-hybridized carbons (Fsp3) is 0.231. The molecule has 1 aliphatic heterocycles. The molecule has 1 aromatic heterocycles. The fourth-order valence-corrected chi connectivity index (χ4v) is 3.77. The van der Waals surface area contributed by atoms with Crippen LogP contribution in [0.15, 0.2) is 66.9 Å². The Morgan fingerprint density at radius 1 is 1.03 bits per heavy atom. The first kappa shape index (κ1) is 21.9. The molecule has 5 nitrogen and oxygen atoms in total. The minimum absolute atomic E-state index is 0.0136. The molecule has 2 heterocycles. The summed E-state index contributed by atoms with van der Waals surface area (Å²) in [5.41, 5.74) is 3.18. The maximum atomic E-state index is 13.1. The highest BCUT2D eigenvalue weighted by atomic mass is 35.5. The Kier molecular flexibility index (Phi) is 7.06. The Morgan fingerprint density at radius 3 is 2.50 bits per heavy atom. The number of hydrogen-bond donors (Lipinski definition) is 0. The number of pyridine rings is 1. The van der Waals surface area contributed by atoms with Crippen LogP contribution in [0.5, 0.6) is 5.75 Å². The zero-order valence-corrected chi connectivity index (χ0v) is 18.7. The van der Waals surface area contributed by atoms with Crippen molar-refractivity contribution >= 4 is 17.5 Å². The van der Waals surface area contributed by atoms with Gasteiger partial charge in [-0.25, -0.2) is 4.98 Å². The smallest absolute Gasteiger partial charge is 0.253 e. The second-order valence-electron chi connectivity index (χ2n) is 7.57. The lowest BCUT2D eigenvalue weighted by molar-refractivity contribution is 0.0628. The Balaban J connectivity index is 1.42. The fourth-order valence-electron chi connectivity index (χ4n) is 3.65. The standard InChI is InChI=1S/C26H24ClN3O2/c1-32-25-12-8-22(18-21(25)7-11-24-4-2-3-13-28-24)26(31)30-16-14-29(15-17-30)19-20-5-9-23(27)10-6-20/h2-6,8-10,12-13,18H,14-17,19H2,1H3. The van der Waals surface area contributed by atoms with Crippen molar-refractivity contribution in [3.8, 4) is 17.6 Å². The van der Waals surface area contributed by atoms with Crippen LogP contribution in [0.1, 0.15) is 27.2 Å². The van der Waals surface area contributed by atoms with E-state index in [1.165, 1.54) is 5.56 Å². The normalized spacial score (nSPS) is 13.9. The van der Waals surface area contributed by atoms with Crippen LogP contribution >= 0.6 is 11.6 Å². The second kappa shape index (κ2) is 10.3. The molecule has 2 aromatic carbocycles. The first-order valence-electron chi connectivity index (χ1n) is 10.5. The van der Waals surface area contributed by atoms with E-state index in [4.69, 9.17) is 16.3 Å². The summed E-state index contributed by atoms with van der Waals surface area (Å²) in [5, 5.41) is 0.743. The summed E-state index contributed by atoms with van der Waals surface area (Å²) in [6, 6.07) is 18.9. The lowest BCUT2D eigenvalue weighted by atomic mass is 10.1. The van der Waals surface area contributed by atoms with Gasteiger partial charge in [-0.05, 0) is 53.9 Å². The van der Waals surface area contributed by atoms with Crippen molar-refractivity contribution in [2.75, 3.05) is 33.3 Å². The minimum Gasteiger partial charge on any atom is -0.495 e. The van der Waals surface area contributed by atoms with E-state index in [-0.39, 0.29) is 5.91 Å². The molecule has 0 unspecified atom stereocenters. The molecule has 162 valence electrons. The largest absolute Gasteiger partial charge is 0.495 e. The number of aromatic nitrogens is 1. The molecule has 1 saturated heterocycles. The number of benzene rings is 2. The average molecular weight is 446 g/mol. The number of hydrogen-bond acceptors (Lipinski definition) is 4. The number of carbonyl (C=O) groups excluding carboxylic acids is 1. The van der Waals surface area contributed by atoms with Gasteiger partial charge in [-0.1, -0.05) is 35.7 Å². The molecular weight excluding hydrogens is 422 g/mol. The van der Waals surface area contributed by atoms with E-state index in [1.807, 2.05) is 47.4 Å². The summed E-state index contributed by atoms with van der Waals surface area (Å²) >= 11 is 5.97. The van der Waals surface area contributed by atoms with Crippen molar-refractivity contribution in [1.29, 1.82) is 0 Å². The van der Waals surface area contributed by atoms with Gasteiger partial charge in [0.1, 0.15) is 11.4 Å². The predicted molar refractivity (Wildman–Crippen MR) is 126 cm³/mol. The van der Waals surface area contributed by atoms with E-state index in [0.29, 0.717) is 35.7 Å². The molecule has 1 aliphatic rings. The molecule has 0 bridgehead atoms. The van der Waals surface area contributed by atoms with Crippen molar-refractivity contribution in [3.63, 3.8) is 0 Å². The Bertz CT molecular complexity index is 1130. The molecule has 6 heteroatoms. The lowest BCUT2D eigenvalue weighted by Crippen LogP contribution is -2.48. The van der Waals surface area contributed by atoms with Gasteiger partial charge in [0.25, 0.3) is 5.91 Å². The van der Waals surface area contributed by atoms with Gasteiger partial charge in [0, 0.05) is 49.5 Å². The molecule has 32 heavy (non-hydrogen) atoms. The van der Waals surface area contributed by atoms with Crippen LogP contribution in [0.25, 0.3) is 0 Å². The average Bonchev–Trinajstić information content (AvgIpc) is 2.84. The summed E-state index contributed by atoms with van der Waals surface area (Å²) in [6.07, 6.45) is 1.70. The molecule has 0 aliphatic carbocycles.